The molecule has 0 atom stereocenters. The quantitative estimate of drug-likeness (QED) is 0.865. The topological polar surface area (TPSA) is 41.6 Å². The Hall–Kier alpha value is -1.07. The van der Waals surface area contributed by atoms with Gasteiger partial charge in [0.25, 0.3) is 0 Å². The molecular formula is C18H28N2O2S. The van der Waals surface area contributed by atoms with Crippen LogP contribution in [0.3, 0.4) is 0 Å². The maximum atomic E-state index is 12.1. The second kappa shape index (κ2) is 8.15. The fourth-order valence-electron chi connectivity index (χ4n) is 3.83. The van der Waals surface area contributed by atoms with Crippen molar-refractivity contribution in [3.05, 3.63) is 16.3 Å². The molecule has 1 N–H and O–H groups in total. The van der Waals surface area contributed by atoms with E-state index in [0.717, 1.165) is 44.6 Å². The zero-order valence-corrected chi connectivity index (χ0v) is 14.9. The molecule has 2 heterocycles. The van der Waals surface area contributed by atoms with Gasteiger partial charge < -0.3 is 10.1 Å². The molecule has 0 aromatic carbocycles. The minimum Gasteiger partial charge on any atom is -0.496 e. The average Bonchev–Trinajstić information content (AvgIpc) is 3.20. The summed E-state index contributed by atoms with van der Waals surface area (Å²) >= 11 is 1.76. The number of piperidine rings is 1. The van der Waals surface area contributed by atoms with E-state index in [-0.39, 0.29) is 5.91 Å². The summed E-state index contributed by atoms with van der Waals surface area (Å²) in [5.41, 5.74) is 0. The first-order chi connectivity index (χ1) is 11.2. The number of nitrogens with one attached hydrogen (secondary N) is 1. The van der Waals surface area contributed by atoms with Crippen molar-refractivity contribution in [2.24, 2.45) is 5.92 Å². The second-order valence-electron chi connectivity index (χ2n) is 6.88. The fourth-order valence-corrected chi connectivity index (χ4v) is 4.71. The third-order valence-electron chi connectivity index (χ3n) is 5.19. The van der Waals surface area contributed by atoms with Gasteiger partial charge in [-0.1, -0.05) is 12.8 Å². The van der Waals surface area contributed by atoms with E-state index in [1.807, 2.05) is 6.07 Å². The lowest BCUT2D eigenvalue weighted by atomic mass is 10.0. The van der Waals surface area contributed by atoms with E-state index in [4.69, 9.17) is 4.74 Å². The number of methoxy groups -OCH3 is 1. The van der Waals surface area contributed by atoms with Crippen molar-refractivity contribution in [1.29, 1.82) is 0 Å². The number of ether oxygens (including phenoxy) is 1. The molecule has 1 aromatic heterocycles. The lowest BCUT2D eigenvalue weighted by Crippen LogP contribution is -2.44. The summed E-state index contributed by atoms with van der Waals surface area (Å²) in [7, 11) is 1.73. The van der Waals surface area contributed by atoms with Crippen LogP contribution >= 0.6 is 11.3 Å². The van der Waals surface area contributed by atoms with Crippen molar-refractivity contribution in [1.82, 2.24) is 10.2 Å². The monoisotopic (exact) mass is 336 g/mol. The Kier molecular flexibility index (Phi) is 5.95. The molecule has 1 saturated heterocycles. The number of thiophene rings is 1. The molecule has 5 heteroatoms. The summed E-state index contributed by atoms with van der Waals surface area (Å²) < 4.78 is 5.39. The lowest BCUT2D eigenvalue weighted by molar-refractivity contribution is -0.123. The van der Waals surface area contributed by atoms with Crippen molar-refractivity contribution in [3.63, 3.8) is 0 Å². The summed E-state index contributed by atoms with van der Waals surface area (Å²) in [6, 6.07) is 2.40. The first-order valence-corrected chi connectivity index (χ1v) is 9.74. The van der Waals surface area contributed by atoms with E-state index in [9.17, 15) is 4.79 Å². The van der Waals surface area contributed by atoms with Crippen molar-refractivity contribution < 1.29 is 9.53 Å². The van der Waals surface area contributed by atoms with Gasteiger partial charge in [-0.25, -0.2) is 0 Å². The Morgan fingerprint density at radius 3 is 2.74 bits per heavy atom. The van der Waals surface area contributed by atoms with Crippen LogP contribution < -0.4 is 10.1 Å². The number of carbonyl (C=O) groups is 1. The molecule has 0 radical (unpaired) electrons. The van der Waals surface area contributed by atoms with Crippen LogP contribution in [0, 0.1) is 5.92 Å². The van der Waals surface area contributed by atoms with Crippen molar-refractivity contribution in [2.45, 2.75) is 57.5 Å². The van der Waals surface area contributed by atoms with Crippen LogP contribution in [-0.4, -0.2) is 37.0 Å². The highest BCUT2D eigenvalue weighted by molar-refractivity contribution is 7.10. The van der Waals surface area contributed by atoms with Gasteiger partial charge in [0.1, 0.15) is 5.75 Å². The van der Waals surface area contributed by atoms with Crippen LogP contribution in [0.15, 0.2) is 11.4 Å². The zero-order valence-electron chi connectivity index (χ0n) is 14.1. The highest BCUT2D eigenvalue weighted by atomic mass is 32.1. The minimum absolute atomic E-state index is 0.273. The number of hydrogen-bond acceptors (Lipinski definition) is 4. The first-order valence-electron chi connectivity index (χ1n) is 8.86. The summed E-state index contributed by atoms with van der Waals surface area (Å²) in [5, 5.41) is 5.35. The number of amides is 1. The van der Waals surface area contributed by atoms with Gasteiger partial charge in [0.2, 0.25) is 5.91 Å². The molecule has 0 spiro atoms. The molecule has 1 aliphatic heterocycles. The van der Waals surface area contributed by atoms with Crippen LogP contribution in [0.25, 0.3) is 0 Å². The minimum atomic E-state index is 0.273. The Morgan fingerprint density at radius 2 is 2.04 bits per heavy atom. The van der Waals surface area contributed by atoms with Gasteiger partial charge in [-0.2, -0.15) is 0 Å². The molecule has 4 nitrogen and oxygen atoms in total. The summed E-state index contributed by atoms with van der Waals surface area (Å²) in [6.07, 6.45) is 7.97. The van der Waals surface area contributed by atoms with E-state index >= 15 is 0 Å². The van der Waals surface area contributed by atoms with Crippen molar-refractivity contribution >= 4 is 17.2 Å². The smallest absolute Gasteiger partial charge is 0.220 e. The Balaban J connectivity index is 1.39. The van der Waals surface area contributed by atoms with Crippen LogP contribution in [0.4, 0.5) is 0 Å². The summed E-state index contributed by atoms with van der Waals surface area (Å²) in [4.78, 5) is 15.9. The summed E-state index contributed by atoms with van der Waals surface area (Å²) in [5.74, 6) is 1.92. The zero-order chi connectivity index (χ0) is 16.1. The molecule has 1 aliphatic carbocycles. The predicted octanol–water partition coefficient (Wildman–Crippen LogP) is 3.42. The molecule has 2 aliphatic rings. The largest absolute Gasteiger partial charge is 0.496 e. The SMILES string of the molecule is COc1ccsc1CN1CCC(NC(=O)CC2CCCC2)CC1. The van der Waals surface area contributed by atoms with Gasteiger partial charge in [0, 0.05) is 32.1 Å². The van der Waals surface area contributed by atoms with Gasteiger partial charge in [-0.15, -0.1) is 11.3 Å². The van der Waals surface area contributed by atoms with Crippen LogP contribution in [0.5, 0.6) is 5.75 Å². The van der Waals surface area contributed by atoms with Gasteiger partial charge in [-0.3, -0.25) is 9.69 Å². The van der Waals surface area contributed by atoms with E-state index < -0.39 is 0 Å². The Bertz CT molecular complexity index is 503. The second-order valence-corrected chi connectivity index (χ2v) is 7.89. The van der Waals surface area contributed by atoms with Crippen LogP contribution in [0.2, 0.25) is 0 Å². The third-order valence-corrected chi connectivity index (χ3v) is 6.08. The molecule has 1 amide bonds. The summed E-state index contributed by atoms with van der Waals surface area (Å²) in [6.45, 7) is 3.06. The van der Waals surface area contributed by atoms with E-state index in [1.165, 1.54) is 30.6 Å². The van der Waals surface area contributed by atoms with Crippen molar-refractivity contribution in [2.75, 3.05) is 20.2 Å². The lowest BCUT2D eigenvalue weighted by Gasteiger charge is -2.32. The molecule has 2 fully saturated rings. The molecule has 0 bridgehead atoms. The number of rotatable bonds is 6. The third kappa shape index (κ3) is 4.70. The van der Waals surface area contributed by atoms with Crippen LogP contribution in [0.1, 0.15) is 49.8 Å². The highest BCUT2D eigenvalue weighted by Crippen LogP contribution is 2.28. The van der Waals surface area contributed by atoms with Gasteiger partial charge in [0.05, 0.1) is 12.0 Å². The van der Waals surface area contributed by atoms with E-state index in [0.29, 0.717) is 12.0 Å². The maximum Gasteiger partial charge on any atom is 0.220 e. The van der Waals surface area contributed by atoms with E-state index in [1.54, 1.807) is 18.4 Å². The predicted molar refractivity (Wildman–Crippen MR) is 93.9 cm³/mol. The van der Waals surface area contributed by atoms with E-state index in [2.05, 4.69) is 15.6 Å². The molecule has 0 unspecified atom stereocenters. The number of hydrogen-bond donors (Lipinski definition) is 1. The number of nitrogens with zero attached hydrogens (tertiary/aromatic N) is 1. The standard InChI is InChI=1S/C18H28N2O2S/c1-22-16-8-11-23-17(16)13-20-9-6-15(7-10-20)19-18(21)12-14-4-2-3-5-14/h8,11,14-15H,2-7,9-10,12-13H2,1H3,(H,19,21). The number of likely N-dealkylation sites (tertiary alicyclic amines) is 1. The first kappa shape index (κ1) is 16.8. The molecule has 1 aromatic rings. The van der Waals surface area contributed by atoms with Crippen molar-refractivity contribution in [3.8, 4) is 5.75 Å². The Morgan fingerprint density at radius 1 is 1.30 bits per heavy atom. The molecule has 3 rings (SSSR count). The molecule has 128 valence electrons. The Labute approximate surface area is 143 Å². The van der Waals surface area contributed by atoms with Gasteiger partial charge >= 0.3 is 0 Å². The molecule has 23 heavy (non-hydrogen) atoms. The fraction of sp³-hybridized carbons (Fsp3) is 0.722. The maximum absolute atomic E-state index is 12.1. The molecular weight excluding hydrogens is 308 g/mol. The normalized spacial score (nSPS) is 20.7. The highest BCUT2D eigenvalue weighted by Gasteiger charge is 2.24. The van der Waals surface area contributed by atoms with Gasteiger partial charge in [-0.05, 0) is 43.0 Å². The average molecular weight is 337 g/mol. The number of carbonyl (C=O) groups excluding carboxylic acids is 1. The van der Waals surface area contributed by atoms with Crippen LogP contribution in [-0.2, 0) is 11.3 Å². The molecule has 1 saturated carbocycles. The van der Waals surface area contributed by atoms with Gasteiger partial charge in [0.15, 0.2) is 0 Å².